The summed E-state index contributed by atoms with van der Waals surface area (Å²) in [6.07, 6.45) is 2.37. The standard InChI is InChI=1S/C11H24N2/c1-6-10(7-2)9(5)13-11(12)8(3)4/h8-10H,6-7H2,1-5H3,(H2,12,13). The summed E-state index contributed by atoms with van der Waals surface area (Å²) in [5, 5.41) is 0. The molecule has 2 N–H and O–H groups in total. The zero-order valence-electron chi connectivity index (χ0n) is 9.67. The molecule has 0 aliphatic carbocycles. The fourth-order valence-electron chi connectivity index (χ4n) is 1.46. The first-order valence-electron chi connectivity index (χ1n) is 5.36. The van der Waals surface area contributed by atoms with E-state index in [4.69, 9.17) is 5.73 Å². The van der Waals surface area contributed by atoms with Crippen molar-refractivity contribution in [3.05, 3.63) is 0 Å². The molecule has 0 aliphatic rings. The lowest BCUT2D eigenvalue weighted by Crippen LogP contribution is -2.24. The Labute approximate surface area is 82.6 Å². The highest BCUT2D eigenvalue weighted by Gasteiger charge is 2.13. The van der Waals surface area contributed by atoms with E-state index in [1.165, 1.54) is 12.8 Å². The molecule has 0 rings (SSSR count). The number of amidine groups is 1. The van der Waals surface area contributed by atoms with Crippen LogP contribution in [-0.2, 0) is 0 Å². The Morgan fingerprint density at radius 1 is 1.15 bits per heavy atom. The van der Waals surface area contributed by atoms with Gasteiger partial charge in [0.1, 0.15) is 0 Å². The van der Waals surface area contributed by atoms with Gasteiger partial charge in [-0.2, -0.15) is 0 Å². The molecule has 1 atom stereocenters. The number of rotatable bonds is 5. The summed E-state index contributed by atoms with van der Waals surface area (Å²) in [6.45, 7) is 10.8. The van der Waals surface area contributed by atoms with Gasteiger partial charge in [0.25, 0.3) is 0 Å². The molecule has 1 unspecified atom stereocenters. The lowest BCUT2D eigenvalue weighted by atomic mass is 9.96. The van der Waals surface area contributed by atoms with Gasteiger partial charge in [-0.25, -0.2) is 0 Å². The molecule has 2 nitrogen and oxygen atoms in total. The molecule has 0 saturated heterocycles. The second-order valence-corrected chi connectivity index (χ2v) is 4.03. The summed E-state index contributed by atoms with van der Waals surface area (Å²) in [7, 11) is 0. The van der Waals surface area contributed by atoms with E-state index in [1.807, 2.05) is 0 Å². The Kier molecular flexibility index (Phi) is 5.76. The minimum atomic E-state index is 0.372. The number of nitrogens with zero attached hydrogens (tertiary/aromatic N) is 1. The minimum absolute atomic E-state index is 0.372. The van der Waals surface area contributed by atoms with Crippen LogP contribution in [0.5, 0.6) is 0 Å². The highest BCUT2D eigenvalue weighted by atomic mass is 14.9. The highest BCUT2D eigenvalue weighted by Crippen LogP contribution is 2.16. The predicted octanol–water partition coefficient (Wildman–Crippen LogP) is 2.82. The minimum Gasteiger partial charge on any atom is -0.387 e. The topological polar surface area (TPSA) is 38.4 Å². The first-order chi connectivity index (χ1) is 6.02. The van der Waals surface area contributed by atoms with Crippen molar-refractivity contribution >= 4 is 5.84 Å². The number of hydrogen-bond donors (Lipinski definition) is 1. The molecule has 2 heteroatoms. The monoisotopic (exact) mass is 184 g/mol. The zero-order valence-corrected chi connectivity index (χ0v) is 9.67. The Hall–Kier alpha value is -0.530. The summed E-state index contributed by atoms with van der Waals surface area (Å²) in [4.78, 5) is 4.51. The molecule has 0 radical (unpaired) electrons. The first kappa shape index (κ1) is 12.5. The normalized spacial score (nSPS) is 15.5. The van der Waals surface area contributed by atoms with E-state index in [0.29, 0.717) is 17.9 Å². The fourth-order valence-corrected chi connectivity index (χ4v) is 1.46. The van der Waals surface area contributed by atoms with Crippen LogP contribution >= 0.6 is 0 Å². The van der Waals surface area contributed by atoms with Gasteiger partial charge < -0.3 is 5.73 Å². The Bertz CT molecular complexity index is 157. The molecule has 0 aromatic heterocycles. The van der Waals surface area contributed by atoms with Crippen molar-refractivity contribution in [3.63, 3.8) is 0 Å². The molecule has 0 saturated carbocycles. The first-order valence-corrected chi connectivity index (χ1v) is 5.36. The summed E-state index contributed by atoms with van der Waals surface area (Å²) in [6, 6.07) is 0.373. The molecule has 0 bridgehead atoms. The third-order valence-electron chi connectivity index (χ3n) is 2.68. The van der Waals surface area contributed by atoms with E-state index >= 15 is 0 Å². The van der Waals surface area contributed by atoms with Crippen molar-refractivity contribution in [2.75, 3.05) is 0 Å². The van der Waals surface area contributed by atoms with Crippen LogP contribution in [0.1, 0.15) is 47.5 Å². The van der Waals surface area contributed by atoms with Crippen LogP contribution in [0, 0.1) is 11.8 Å². The van der Waals surface area contributed by atoms with Crippen molar-refractivity contribution in [1.29, 1.82) is 0 Å². The van der Waals surface area contributed by atoms with Crippen molar-refractivity contribution in [1.82, 2.24) is 0 Å². The van der Waals surface area contributed by atoms with Gasteiger partial charge in [-0.05, 0) is 12.8 Å². The largest absolute Gasteiger partial charge is 0.387 e. The van der Waals surface area contributed by atoms with Crippen molar-refractivity contribution in [2.45, 2.75) is 53.5 Å². The van der Waals surface area contributed by atoms with Crippen LogP contribution in [0.25, 0.3) is 0 Å². The van der Waals surface area contributed by atoms with Crippen LogP contribution in [0.3, 0.4) is 0 Å². The maximum absolute atomic E-state index is 5.81. The average molecular weight is 184 g/mol. The Balaban J connectivity index is 4.25. The number of aliphatic imine (C=N–C) groups is 1. The molecule has 0 spiro atoms. The van der Waals surface area contributed by atoms with E-state index < -0.39 is 0 Å². The lowest BCUT2D eigenvalue weighted by Gasteiger charge is -2.18. The van der Waals surface area contributed by atoms with Gasteiger partial charge in [-0.3, -0.25) is 4.99 Å². The summed E-state index contributed by atoms with van der Waals surface area (Å²) < 4.78 is 0. The molecule has 0 amide bonds. The van der Waals surface area contributed by atoms with Crippen LogP contribution in [-0.4, -0.2) is 11.9 Å². The zero-order chi connectivity index (χ0) is 10.4. The summed E-state index contributed by atoms with van der Waals surface area (Å²) >= 11 is 0. The van der Waals surface area contributed by atoms with Gasteiger partial charge >= 0.3 is 0 Å². The summed E-state index contributed by atoms with van der Waals surface area (Å²) in [5.74, 6) is 1.84. The second-order valence-electron chi connectivity index (χ2n) is 4.03. The van der Waals surface area contributed by atoms with Gasteiger partial charge in [0.2, 0.25) is 0 Å². The van der Waals surface area contributed by atoms with Crippen molar-refractivity contribution in [2.24, 2.45) is 22.6 Å². The molecule has 0 aromatic carbocycles. The number of nitrogens with two attached hydrogens (primary N) is 1. The third-order valence-corrected chi connectivity index (χ3v) is 2.68. The molecular formula is C11H24N2. The van der Waals surface area contributed by atoms with Gasteiger partial charge in [-0.1, -0.05) is 40.5 Å². The van der Waals surface area contributed by atoms with Crippen molar-refractivity contribution < 1.29 is 0 Å². The van der Waals surface area contributed by atoms with Gasteiger partial charge in [-0.15, -0.1) is 0 Å². The molecule has 0 aromatic rings. The molecular weight excluding hydrogens is 160 g/mol. The molecule has 78 valence electrons. The van der Waals surface area contributed by atoms with Crippen LogP contribution in [0.2, 0.25) is 0 Å². The highest BCUT2D eigenvalue weighted by molar-refractivity contribution is 5.82. The van der Waals surface area contributed by atoms with E-state index in [1.54, 1.807) is 0 Å². The van der Waals surface area contributed by atoms with E-state index in [-0.39, 0.29) is 0 Å². The maximum Gasteiger partial charge on any atom is 0.0966 e. The molecule has 0 fully saturated rings. The summed E-state index contributed by atoms with van der Waals surface area (Å²) in [5.41, 5.74) is 5.81. The maximum atomic E-state index is 5.81. The van der Waals surface area contributed by atoms with Crippen molar-refractivity contribution in [3.8, 4) is 0 Å². The third kappa shape index (κ3) is 4.30. The van der Waals surface area contributed by atoms with E-state index in [9.17, 15) is 0 Å². The molecule has 0 aliphatic heterocycles. The van der Waals surface area contributed by atoms with Crippen LogP contribution in [0.4, 0.5) is 0 Å². The Morgan fingerprint density at radius 3 is 1.92 bits per heavy atom. The smallest absolute Gasteiger partial charge is 0.0966 e. The SMILES string of the molecule is CCC(CC)C(C)N=C(N)C(C)C. The fraction of sp³-hybridized carbons (Fsp3) is 0.909. The molecule has 13 heavy (non-hydrogen) atoms. The van der Waals surface area contributed by atoms with Gasteiger partial charge in [0.15, 0.2) is 0 Å². The average Bonchev–Trinajstić information content (AvgIpc) is 2.06. The number of hydrogen-bond acceptors (Lipinski definition) is 1. The second kappa shape index (κ2) is 6.01. The molecule has 0 heterocycles. The van der Waals surface area contributed by atoms with Gasteiger partial charge in [0.05, 0.1) is 11.9 Å². The Morgan fingerprint density at radius 2 is 1.62 bits per heavy atom. The van der Waals surface area contributed by atoms with Crippen LogP contribution in [0.15, 0.2) is 4.99 Å². The predicted molar refractivity (Wildman–Crippen MR) is 60.0 cm³/mol. The van der Waals surface area contributed by atoms with Gasteiger partial charge in [0, 0.05) is 5.92 Å². The quantitative estimate of drug-likeness (QED) is 0.518. The van der Waals surface area contributed by atoms with E-state index in [2.05, 4.69) is 39.6 Å². The lowest BCUT2D eigenvalue weighted by molar-refractivity contribution is 0.418. The van der Waals surface area contributed by atoms with Crippen LogP contribution < -0.4 is 5.73 Å². The van der Waals surface area contributed by atoms with E-state index in [0.717, 1.165) is 5.84 Å².